The van der Waals surface area contributed by atoms with Crippen molar-refractivity contribution in [3.05, 3.63) is 62.2 Å². The molecule has 0 radical (unpaired) electrons. The van der Waals surface area contributed by atoms with Crippen molar-refractivity contribution in [2.24, 2.45) is 0 Å². The Morgan fingerprint density at radius 1 is 1.31 bits per heavy atom. The number of fused-ring (bicyclic) bond motifs is 1. The number of nitrogens with zero attached hydrogens (tertiary/aromatic N) is 3. The number of amides is 2. The van der Waals surface area contributed by atoms with Gasteiger partial charge in [-0.25, -0.2) is 13.5 Å². The first-order valence-corrected chi connectivity index (χ1v) is 12.5. The Morgan fingerprint density at radius 2 is 1.97 bits per heavy atom. The average molecular weight is 568 g/mol. The second-order valence-electron chi connectivity index (χ2n) is 8.83. The lowest BCUT2D eigenvalue weighted by Gasteiger charge is -2.38. The molecular weight excluding hydrogens is 542 g/mol. The molecule has 1 aromatic rings. The van der Waals surface area contributed by atoms with E-state index in [4.69, 9.17) is 9.47 Å². The molecule has 1 atom stereocenters. The van der Waals surface area contributed by atoms with Crippen LogP contribution in [0.15, 0.2) is 46.5 Å². The largest absolute Gasteiger partial charge is 0.456 e. The zero-order valence-electron chi connectivity index (χ0n) is 19.8. The number of halogens is 1. The lowest BCUT2D eigenvalue weighted by Crippen LogP contribution is -2.52. The molecule has 10 nitrogen and oxygen atoms in total. The van der Waals surface area contributed by atoms with Gasteiger partial charge in [-0.3, -0.25) is 19.8 Å². The fourth-order valence-corrected chi connectivity index (χ4v) is 5.20. The van der Waals surface area contributed by atoms with E-state index >= 15 is 0 Å². The van der Waals surface area contributed by atoms with Crippen molar-refractivity contribution >= 4 is 51.6 Å². The van der Waals surface area contributed by atoms with Crippen LogP contribution in [0.2, 0.25) is 0 Å². The molecule has 0 saturated carbocycles. The molecule has 0 aliphatic carbocycles. The van der Waals surface area contributed by atoms with Gasteiger partial charge in [0.1, 0.15) is 17.9 Å². The van der Waals surface area contributed by atoms with Gasteiger partial charge in [-0.1, -0.05) is 6.08 Å². The molecule has 1 unspecified atom stereocenters. The summed E-state index contributed by atoms with van der Waals surface area (Å²) < 4.78 is 12.0. The van der Waals surface area contributed by atoms with E-state index in [-0.39, 0.29) is 29.9 Å². The average Bonchev–Trinajstić information content (AvgIpc) is 3.11. The number of hydrogen-bond donors (Lipinski definition) is 0. The molecule has 1 saturated heterocycles. The first-order chi connectivity index (χ1) is 16.4. The summed E-state index contributed by atoms with van der Waals surface area (Å²) in [5, 5.41) is 10.8. The normalized spacial score (nSPS) is 18.3. The van der Waals surface area contributed by atoms with E-state index in [0.29, 0.717) is 34.8 Å². The lowest BCUT2D eigenvalue weighted by molar-refractivity contribution is -0.384. The van der Waals surface area contributed by atoms with E-state index in [9.17, 15) is 24.5 Å². The van der Waals surface area contributed by atoms with Gasteiger partial charge in [-0.05, 0) is 45.4 Å². The molecular formula is C23H26BrN3O7S. The number of ether oxygens (including phenoxy) is 2. The molecule has 2 aliphatic rings. The van der Waals surface area contributed by atoms with Crippen LogP contribution in [-0.4, -0.2) is 55.7 Å². The maximum atomic E-state index is 13.0. The van der Waals surface area contributed by atoms with Crippen LogP contribution >= 0.6 is 27.9 Å². The fourth-order valence-electron chi connectivity index (χ4n) is 3.60. The van der Waals surface area contributed by atoms with Gasteiger partial charge in [0.15, 0.2) is 0 Å². The predicted molar refractivity (Wildman–Crippen MR) is 133 cm³/mol. The van der Waals surface area contributed by atoms with Crippen LogP contribution in [0.25, 0.3) is 0 Å². The van der Waals surface area contributed by atoms with Crippen LogP contribution in [0.4, 0.5) is 10.5 Å². The van der Waals surface area contributed by atoms with Crippen LogP contribution < -0.4 is 0 Å². The Hall–Kier alpha value is -2.86. The number of nitro benzene ring substituents is 1. The molecule has 0 bridgehead atoms. The summed E-state index contributed by atoms with van der Waals surface area (Å²) in [6.45, 7) is 7.33. The lowest BCUT2D eigenvalue weighted by atomic mass is 9.94. The zero-order valence-corrected chi connectivity index (χ0v) is 22.2. The number of benzene rings is 1. The van der Waals surface area contributed by atoms with Crippen LogP contribution in [0.5, 0.6) is 0 Å². The van der Waals surface area contributed by atoms with Crippen LogP contribution in [0.1, 0.15) is 39.7 Å². The van der Waals surface area contributed by atoms with Gasteiger partial charge in [0, 0.05) is 41.3 Å². The summed E-state index contributed by atoms with van der Waals surface area (Å²) in [7, 11) is 0. The van der Waals surface area contributed by atoms with E-state index in [2.05, 4.69) is 16.1 Å². The first-order valence-electron chi connectivity index (χ1n) is 10.9. The molecule has 2 amide bonds. The summed E-state index contributed by atoms with van der Waals surface area (Å²) in [6, 6.07) is 5.50. The smallest absolute Gasteiger partial charge is 0.420 e. The molecule has 0 spiro atoms. The number of esters is 1. The minimum atomic E-state index is -0.639. The first kappa shape index (κ1) is 26.7. The summed E-state index contributed by atoms with van der Waals surface area (Å²) >= 11 is 4.58. The number of carbonyl (C=O) groups excluding carboxylic acids is 3. The van der Waals surface area contributed by atoms with Gasteiger partial charge in [-0.15, -0.1) is 11.8 Å². The molecule has 1 fully saturated rings. The van der Waals surface area contributed by atoms with Crippen LogP contribution in [0, 0.1) is 10.1 Å². The van der Waals surface area contributed by atoms with Crippen molar-refractivity contribution in [3.63, 3.8) is 0 Å². The number of rotatable bonds is 8. The second kappa shape index (κ2) is 10.8. The van der Waals surface area contributed by atoms with Crippen molar-refractivity contribution in [3.8, 4) is 0 Å². The summed E-state index contributed by atoms with van der Waals surface area (Å²) in [4.78, 5) is 50.2. The predicted octanol–water partition coefficient (Wildman–Crippen LogP) is 4.69. The summed E-state index contributed by atoms with van der Waals surface area (Å²) in [6.07, 6.45) is 1.73. The fraction of sp³-hybridized carbons (Fsp3) is 0.435. The third kappa shape index (κ3) is 6.23. The van der Waals surface area contributed by atoms with Gasteiger partial charge in [0.25, 0.3) is 11.6 Å². The van der Waals surface area contributed by atoms with E-state index in [1.807, 2.05) is 0 Å². The van der Waals surface area contributed by atoms with Gasteiger partial charge < -0.3 is 9.47 Å². The molecule has 0 N–H and O–H groups in total. The topological polar surface area (TPSA) is 119 Å². The van der Waals surface area contributed by atoms with E-state index in [0.717, 1.165) is 0 Å². The van der Waals surface area contributed by atoms with Crippen LogP contribution in [-0.2, 0) is 25.7 Å². The Morgan fingerprint density at radius 3 is 2.54 bits per heavy atom. The molecule has 0 aromatic heterocycles. The number of non-ortho nitro benzene ring substituents is 1. The highest BCUT2D eigenvalue weighted by Crippen LogP contribution is 2.46. The molecule has 2 aliphatic heterocycles. The summed E-state index contributed by atoms with van der Waals surface area (Å²) in [5.41, 5.74) is 0.760. The quantitative estimate of drug-likeness (QED) is 0.111. The molecule has 35 heavy (non-hydrogen) atoms. The van der Waals surface area contributed by atoms with Gasteiger partial charge in [0.05, 0.1) is 27.1 Å². The van der Waals surface area contributed by atoms with Gasteiger partial charge in [-0.2, -0.15) is 0 Å². The minimum Gasteiger partial charge on any atom is -0.456 e. The van der Waals surface area contributed by atoms with Crippen molar-refractivity contribution in [2.45, 2.75) is 52.4 Å². The molecule has 2 heterocycles. The van der Waals surface area contributed by atoms with Crippen LogP contribution in [0.3, 0.4) is 0 Å². The van der Waals surface area contributed by atoms with Crippen molar-refractivity contribution in [1.82, 2.24) is 8.83 Å². The number of thioether (sulfide) groups is 1. The maximum absolute atomic E-state index is 13.0. The third-order valence-corrected chi connectivity index (χ3v) is 6.94. The number of carbonyl (C=O) groups is 3. The highest BCUT2D eigenvalue weighted by Gasteiger charge is 2.51. The number of nitro groups is 1. The number of β-lactam (4-membered cyclic amide) rings is 1. The third-order valence-electron chi connectivity index (χ3n) is 5.20. The Bertz CT molecular complexity index is 1100. The second-order valence-corrected chi connectivity index (χ2v) is 10.9. The van der Waals surface area contributed by atoms with Crippen molar-refractivity contribution < 1.29 is 28.8 Å². The molecule has 1 aromatic carbocycles. The molecule has 188 valence electrons. The van der Waals surface area contributed by atoms with Crippen molar-refractivity contribution in [1.29, 1.82) is 0 Å². The molecule has 12 heteroatoms. The SMILES string of the molecule is CC=C1C(=O)N2C(C(=O)OCc3ccc([N+](=O)[O-])cc3)=C(SCCN(Br)C(=O)OC(C)(C)C)CC12. The van der Waals surface area contributed by atoms with Gasteiger partial charge >= 0.3 is 12.1 Å². The minimum absolute atomic E-state index is 0.0580. The standard InChI is InChI=1S/C23H26BrN3O7S/c1-5-16-17-12-18(35-11-10-25(24)22(30)34-23(2,3)4)19(26(17)20(16)28)21(29)33-13-14-6-8-15(9-7-14)27(31)32/h5-9,17H,10-13H2,1-4H3. The maximum Gasteiger partial charge on any atom is 0.420 e. The summed E-state index contributed by atoms with van der Waals surface area (Å²) in [5.74, 6) is -0.412. The number of allylic oxidation sites excluding steroid dienone is 1. The Kier molecular flexibility index (Phi) is 8.26. The van der Waals surface area contributed by atoms with Crippen molar-refractivity contribution in [2.75, 3.05) is 12.3 Å². The number of hydrogen-bond acceptors (Lipinski definition) is 8. The van der Waals surface area contributed by atoms with E-state index in [1.165, 1.54) is 44.9 Å². The highest BCUT2D eigenvalue weighted by atomic mass is 79.9. The Balaban J connectivity index is 1.67. The van der Waals surface area contributed by atoms with Gasteiger partial charge in [0.2, 0.25) is 0 Å². The highest BCUT2D eigenvalue weighted by molar-refractivity contribution is 9.07. The molecule has 3 rings (SSSR count). The zero-order chi connectivity index (χ0) is 25.9. The monoisotopic (exact) mass is 567 g/mol. The van der Waals surface area contributed by atoms with E-state index < -0.39 is 22.6 Å². The Labute approximate surface area is 215 Å². The van der Waals surface area contributed by atoms with E-state index in [1.54, 1.807) is 33.8 Å².